The van der Waals surface area contributed by atoms with Crippen molar-refractivity contribution >= 4 is 35.2 Å². The lowest BCUT2D eigenvalue weighted by Crippen LogP contribution is -2.20. The molecule has 0 unspecified atom stereocenters. The summed E-state index contributed by atoms with van der Waals surface area (Å²) < 4.78 is 0. The van der Waals surface area contributed by atoms with Crippen molar-refractivity contribution in [3.8, 4) is 6.07 Å². The molecule has 1 aliphatic heterocycles. The van der Waals surface area contributed by atoms with E-state index < -0.39 is 5.41 Å². The summed E-state index contributed by atoms with van der Waals surface area (Å²) in [6.45, 7) is 3.79. The number of carbonyl (C=O) groups is 1. The number of fused-ring (bicyclic) bond motifs is 1. The van der Waals surface area contributed by atoms with Crippen LogP contribution in [0.4, 0.5) is 5.69 Å². The van der Waals surface area contributed by atoms with Crippen LogP contribution >= 0.6 is 23.2 Å². The van der Waals surface area contributed by atoms with Gasteiger partial charge in [-0.05, 0) is 12.1 Å². The Kier molecular flexibility index (Phi) is 3.10. The fraction of sp³-hybridized carbons (Fsp3) is 0.231. The van der Waals surface area contributed by atoms with Gasteiger partial charge in [0.2, 0.25) is 0 Å². The number of nitrogens with one attached hydrogen (secondary N) is 1. The van der Waals surface area contributed by atoms with E-state index in [0.717, 1.165) is 5.56 Å². The quantitative estimate of drug-likeness (QED) is 0.485. The fourth-order valence-corrected chi connectivity index (χ4v) is 2.83. The van der Waals surface area contributed by atoms with Gasteiger partial charge in [-0.1, -0.05) is 37.0 Å². The number of allylic oxidation sites excluding steroid dienone is 2. The minimum Gasteiger partial charge on any atom is -0.355 e. The highest BCUT2D eigenvalue weighted by atomic mass is 35.5. The van der Waals surface area contributed by atoms with Gasteiger partial charge in [0.05, 0.1) is 10.7 Å². The summed E-state index contributed by atoms with van der Waals surface area (Å²) in [5.74, 6) is 0. The monoisotopic (exact) mass is 280 g/mol. The van der Waals surface area contributed by atoms with Crippen molar-refractivity contribution in [2.24, 2.45) is 0 Å². The van der Waals surface area contributed by atoms with Gasteiger partial charge in [0.15, 0.2) is 6.29 Å². The standard InChI is InChI=1S/C13H10Cl2N2O/c1-13(2)10-8(14)3-4-9(15)11(10)17-12(13)7(5-16)6-18/h3-4,6,17H,1-2H3/b12-7-. The number of hydrogen-bond donors (Lipinski definition) is 1. The molecular formula is C13H10Cl2N2O. The normalized spacial score (nSPS) is 18.6. The van der Waals surface area contributed by atoms with Gasteiger partial charge in [-0.2, -0.15) is 5.26 Å². The van der Waals surface area contributed by atoms with E-state index >= 15 is 0 Å². The summed E-state index contributed by atoms with van der Waals surface area (Å²) in [6.07, 6.45) is 0.539. The molecule has 0 radical (unpaired) electrons. The molecule has 0 saturated carbocycles. The second kappa shape index (κ2) is 4.31. The first-order valence-electron chi connectivity index (χ1n) is 5.29. The second-order valence-electron chi connectivity index (χ2n) is 4.55. The topological polar surface area (TPSA) is 52.9 Å². The molecule has 0 saturated heterocycles. The minimum atomic E-state index is -0.552. The average molecular weight is 281 g/mol. The summed E-state index contributed by atoms with van der Waals surface area (Å²) in [5, 5.41) is 13.1. The number of aldehydes is 1. The first kappa shape index (κ1) is 12.9. The smallest absolute Gasteiger partial charge is 0.162 e. The average Bonchev–Trinajstić information content (AvgIpc) is 2.60. The first-order valence-corrected chi connectivity index (χ1v) is 6.04. The minimum absolute atomic E-state index is 0.0586. The lowest BCUT2D eigenvalue weighted by atomic mass is 9.82. The maximum absolute atomic E-state index is 10.9. The Balaban J connectivity index is 2.77. The van der Waals surface area contributed by atoms with Crippen LogP contribution in [0.15, 0.2) is 23.4 Å². The third kappa shape index (κ3) is 1.69. The fourth-order valence-electron chi connectivity index (χ4n) is 2.24. The van der Waals surface area contributed by atoms with Gasteiger partial charge >= 0.3 is 0 Å². The van der Waals surface area contributed by atoms with Gasteiger partial charge in [0.25, 0.3) is 0 Å². The highest BCUT2D eigenvalue weighted by molar-refractivity contribution is 6.36. The Morgan fingerprint density at radius 1 is 1.39 bits per heavy atom. The van der Waals surface area contributed by atoms with Crippen molar-refractivity contribution in [2.45, 2.75) is 19.3 Å². The van der Waals surface area contributed by atoms with E-state index in [4.69, 9.17) is 28.5 Å². The summed E-state index contributed by atoms with van der Waals surface area (Å²) in [6, 6.07) is 5.28. The Morgan fingerprint density at radius 3 is 2.50 bits per heavy atom. The van der Waals surface area contributed by atoms with Crippen LogP contribution in [0.3, 0.4) is 0 Å². The lowest BCUT2D eigenvalue weighted by Gasteiger charge is -2.21. The number of rotatable bonds is 1. The molecule has 1 heterocycles. The Morgan fingerprint density at radius 2 is 2.00 bits per heavy atom. The molecule has 1 aliphatic rings. The number of nitriles is 1. The Labute approximate surface area is 115 Å². The van der Waals surface area contributed by atoms with Crippen molar-refractivity contribution < 1.29 is 4.79 Å². The van der Waals surface area contributed by atoms with E-state index in [1.54, 1.807) is 12.1 Å². The van der Waals surface area contributed by atoms with E-state index in [2.05, 4.69) is 5.32 Å². The van der Waals surface area contributed by atoms with Gasteiger partial charge in [-0.25, -0.2) is 0 Å². The number of halogens is 2. The number of hydrogen-bond acceptors (Lipinski definition) is 3. The summed E-state index contributed by atoms with van der Waals surface area (Å²) >= 11 is 12.3. The molecule has 2 rings (SSSR count). The molecule has 1 aromatic carbocycles. The molecule has 92 valence electrons. The molecule has 0 spiro atoms. The van der Waals surface area contributed by atoms with Gasteiger partial charge < -0.3 is 5.32 Å². The van der Waals surface area contributed by atoms with Crippen molar-refractivity contribution in [2.75, 3.05) is 5.32 Å². The summed E-state index contributed by atoms with van der Waals surface area (Å²) in [4.78, 5) is 10.9. The van der Waals surface area contributed by atoms with Crippen LogP contribution in [0.25, 0.3) is 0 Å². The van der Waals surface area contributed by atoms with E-state index in [0.29, 0.717) is 27.7 Å². The number of anilines is 1. The van der Waals surface area contributed by atoms with Crippen molar-refractivity contribution in [1.82, 2.24) is 0 Å². The van der Waals surface area contributed by atoms with Gasteiger partial charge in [-0.15, -0.1) is 0 Å². The van der Waals surface area contributed by atoms with E-state index in [9.17, 15) is 4.79 Å². The van der Waals surface area contributed by atoms with Crippen LogP contribution in [0.1, 0.15) is 19.4 Å². The predicted octanol–water partition coefficient (Wildman–Crippen LogP) is 3.67. The molecule has 0 aliphatic carbocycles. The zero-order chi connectivity index (χ0) is 13.5. The predicted molar refractivity (Wildman–Crippen MR) is 71.8 cm³/mol. The molecule has 0 atom stereocenters. The van der Waals surface area contributed by atoms with Crippen molar-refractivity contribution in [1.29, 1.82) is 5.26 Å². The van der Waals surface area contributed by atoms with Gasteiger partial charge in [0.1, 0.15) is 11.6 Å². The second-order valence-corrected chi connectivity index (χ2v) is 5.36. The molecule has 1 N–H and O–H groups in total. The number of nitrogens with zero attached hydrogens (tertiary/aromatic N) is 1. The molecule has 5 heteroatoms. The molecule has 18 heavy (non-hydrogen) atoms. The molecule has 3 nitrogen and oxygen atoms in total. The largest absolute Gasteiger partial charge is 0.355 e. The molecule has 0 amide bonds. The maximum Gasteiger partial charge on any atom is 0.162 e. The van der Waals surface area contributed by atoms with E-state index in [1.807, 2.05) is 19.9 Å². The van der Waals surface area contributed by atoms with Crippen LogP contribution in [0.2, 0.25) is 10.0 Å². The van der Waals surface area contributed by atoms with Crippen LogP contribution in [-0.2, 0) is 10.2 Å². The van der Waals surface area contributed by atoms with Crippen LogP contribution in [0, 0.1) is 11.3 Å². The Hall–Kier alpha value is -1.50. The van der Waals surface area contributed by atoms with Gasteiger partial charge in [0, 0.05) is 21.7 Å². The molecule has 0 bridgehead atoms. The van der Waals surface area contributed by atoms with Crippen LogP contribution in [-0.4, -0.2) is 6.29 Å². The molecule has 0 fully saturated rings. The van der Waals surface area contributed by atoms with Gasteiger partial charge in [-0.3, -0.25) is 4.79 Å². The van der Waals surface area contributed by atoms with Crippen LogP contribution in [0.5, 0.6) is 0 Å². The summed E-state index contributed by atoms with van der Waals surface area (Å²) in [7, 11) is 0. The van der Waals surface area contributed by atoms with Crippen molar-refractivity contribution in [3.05, 3.63) is 39.0 Å². The van der Waals surface area contributed by atoms with Crippen LogP contribution < -0.4 is 5.32 Å². The maximum atomic E-state index is 10.9. The molecular weight excluding hydrogens is 271 g/mol. The number of benzene rings is 1. The highest BCUT2D eigenvalue weighted by Crippen LogP contribution is 2.50. The lowest BCUT2D eigenvalue weighted by molar-refractivity contribution is -0.104. The van der Waals surface area contributed by atoms with E-state index in [1.165, 1.54) is 0 Å². The number of carbonyl (C=O) groups excluding carboxylic acids is 1. The van der Waals surface area contributed by atoms with E-state index in [-0.39, 0.29) is 5.57 Å². The third-order valence-electron chi connectivity index (χ3n) is 3.11. The zero-order valence-corrected chi connectivity index (χ0v) is 11.4. The highest BCUT2D eigenvalue weighted by Gasteiger charge is 2.39. The molecule has 0 aromatic heterocycles. The molecule has 1 aromatic rings. The van der Waals surface area contributed by atoms with Crippen molar-refractivity contribution in [3.63, 3.8) is 0 Å². The SMILES string of the molecule is CC1(C)/C(=C(\C#N)C=O)Nc2c(Cl)ccc(Cl)c21. The third-order valence-corrected chi connectivity index (χ3v) is 3.74. The first-order chi connectivity index (χ1) is 8.43. The summed E-state index contributed by atoms with van der Waals surface area (Å²) in [5.41, 5.74) is 1.51. The Bertz CT molecular complexity index is 612. The zero-order valence-electron chi connectivity index (χ0n) is 9.84.